The summed E-state index contributed by atoms with van der Waals surface area (Å²) in [6.45, 7) is 0.993. The van der Waals surface area contributed by atoms with E-state index in [1.807, 2.05) is 42.5 Å². The maximum Gasteiger partial charge on any atom is 0.167 e. The second-order valence-electron chi connectivity index (χ2n) is 5.04. The molecule has 1 aromatic heterocycles. The number of halogens is 1. The van der Waals surface area contributed by atoms with Crippen LogP contribution >= 0.6 is 15.9 Å². The van der Waals surface area contributed by atoms with Crippen LogP contribution < -0.4 is 14.9 Å². The first-order chi connectivity index (χ1) is 11.8. The minimum atomic E-state index is 0.466. The summed E-state index contributed by atoms with van der Waals surface area (Å²) in [5, 5.41) is 7.54. The van der Waals surface area contributed by atoms with Gasteiger partial charge in [0.25, 0.3) is 0 Å². The van der Waals surface area contributed by atoms with E-state index >= 15 is 0 Å². The van der Waals surface area contributed by atoms with E-state index in [1.54, 1.807) is 24.4 Å². The van der Waals surface area contributed by atoms with Crippen LogP contribution in [0.4, 0.5) is 0 Å². The van der Waals surface area contributed by atoms with E-state index in [1.165, 1.54) is 0 Å². The minimum absolute atomic E-state index is 0.466. The zero-order chi connectivity index (χ0) is 16.8. The Hall–Kier alpha value is -2.54. The summed E-state index contributed by atoms with van der Waals surface area (Å²) in [5.74, 6) is 1.39. The van der Waals surface area contributed by atoms with Crippen molar-refractivity contribution >= 4 is 15.9 Å². The predicted molar refractivity (Wildman–Crippen MR) is 94.6 cm³/mol. The molecule has 1 N–H and O–H groups in total. The Balaban J connectivity index is 1.82. The first-order valence-corrected chi connectivity index (χ1v) is 8.18. The van der Waals surface area contributed by atoms with Gasteiger partial charge in [-0.25, -0.2) is 4.68 Å². The Bertz CT molecular complexity index is 779. The number of aromatic nitrogens is 3. The third kappa shape index (κ3) is 3.86. The molecule has 1 heterocycles. The van der Waals surface area contributed by atoms with Gasteiger partial charge in [-0.3, -0.25) is 0 Å². The van der Waals surface area contributed by atoms with Crippen LogP contribution in [0.1, 0.15) is 11.1 Å². The molecule has 2 aromatic carbocycles. The molecule has 3 rings (SSSR count). The molecular weight excluding hydrogens is 372 g/mol. The van der Waals surface area contributed by atoms with Crippen molar-refractivity contribution in [3.8, 4) is 11.5 Å². The molecule has 0 aliphatic rings. The molecule has 0 amide bonds. The Morgan fingerprint density at radius 2 is 1.83 bits per heavy atom. The number of benzene rings is 2. The molecule has 0 saturated heterocycles. The molecule has 0 saturated carbocycles. The van der Waals surface area contributed by atoms with Gasteiger partial charge in [-0.15, -0.1) is 10.2 Å². The van der Waals surface area contributed by atoms with Gasteiger partial charge in [0.1, 0.15) is 19.3 Å². The van der Waals surface area contributed by atoms with Gasteiger partial charge in [0, 0.05) is 10.0 Å². The smallest absolute Gasteiger partial charge is 0.167 e. The van der Waals surface area contributed by atoms with E-state index < -0.39 is 0 Å². The van der Waals surface area contributed by atoms with Crippen molar-refractivity contribution in [2.45, 2.75) is 13.2 Å². The quantitative estimate of drug-likeness (QED) is 0.672. The van der Waals surface area contributed by atoms with E-state index in [0.29, 0.717) is 24.7 Å². The lowest BCUT2D eigenvalue weighted by Gasteiger charge is -2.17. The molecule has 0 fully saturated rings. The van der Waals surface area contributed by atoms with Crippen LogP contribution in [0.3, 0.4) is 0 Å². The van der Waals surface area contributed by atoms with Gasteiger partial charge in [0.15, 0.2) is 11.5 Å². The standard InChI is InChI=1S/C17H17BrN4O2/c1-23-16-8-7-15(18)14(9-21-22-11-19-20-12-22)17(16)24-10-13-5-3-2-4-6-13/h2-8,11-12,21H,9-10H2,1H3. The largest absolute Gasteiger partial charge is 0.493 e. The van der Waals surface area contributed by atoms with Crippen molar-refractivity contribution < 1.29 is 9.47 Å². The van der Waals surface area contributed by atoms with E-state index in [4.69, 9.17) is 9.47 Å². The van der Waals surface area contributed by atoms with Crippen LogP contribution in [0.5, 0.6) is 11.5 Å². The van der Waals surface area contributed by atoms with E-state index in [-0.39, 0.29) is 0 Å². The molecule has 3 aromatic rings. The topological polar surface area (TPSA) is 61.2 Å². The van der Waals surface area contributed by atoms with Crippen molar-refractivity contribution in [2.24, 2.45) is 0 Å². The third-order valence-corrected chi connectivity index (χ3v) is 4.21. The molecule has 0 unspecified atom stereocenters. The van der Waals surface area contributed by atoms with Gasteiger partial charge in [0.05, 0.1) is 13.7 Å². The highest BCUT2D eigenvalue weighted by molar-refractivity contribution is 9.10. The maximum absolute atomic E-state index is 6.06. The molecule has 6 nitrogen and oxygen atoms in total. The molecule has 0 atom stereocenters. The fraction of sp³-hybridized carbons (Fsp3) is 0.176. The average molecular weight is 389 g/mol. The van der Waals surface area contributed by atoms with Gasteiger partial charge in [0.2, 0.25) is 0 Å². The van der Waals surface area contributed by atoms with Gasteiger partial charge in [-0.05, 0) is 17.7 Å². The van der Waals surface area contributed by atoms with Crippen molar-refractivity contribution in [3.63, 3.8) is 0 Å². The zero-order valence-corrected chi connectivity index (χ0v) is 14.7. The molecule has 7 heteroatoms. The highest BCUT2D eigenvalue weighted by Gasteiger charge is 2.15. The summed E-state index contributed by atoms with van der Waals surface area (Å²) >= 11 is 3.58. The zero-order valence-electron chi connectivity index (χ0n) is 13.1. The Kier molecular flexibility index (Phi) is 5.32. The van der Waals surface area contributed by atoms with Crippen LogP contribution in [-0.4, -0.2) is 22.0 Å². The molecule has 0 spiro atoms. The van der Waals surface area contributed by atoms with Gasteiger partial charge < -0.3 is 14.9 Å². The highest BCUT2D eigenvalue weighted by Crippen LogP contribution is 2.36. The van der Waals surface area contributed by atoms with Crippen molar-refractivity contribution in [2.75, 3.05) is 12.5 Å². The highest BCUT2D eigenvalue weighted by atomic mass is 79.9. The number of nitrogens with zero attached hydrogens (tertiary/aromatic N) is 3. The summed E-state index contributed by atoms with van der Waals surface area (Å²) in [6.07, 6.45) is 3.19. The van der Waals surface area contributed by atoms with Gasteiger partial charge in [-0.2, -0.15) is 0 Å². The van der Waals surface area contributed by atoms with Crippen LogP contribution in [0, 0.1) is 0 Å². The molecular formula is C17H17BrN4O2. The summed E-state index contributed by atoms with van der Waals surface area (Å²) in [4.78, 5) is 0. The second-order valence-corrected chi connectivity index (χ2v) is 5.89. The monoisotopic (exact) mass is 388 g/mol. The van der Waals surface area contributed by atoms with Gasteiger partial charge >= 0.3 is 0 Å². The van der Waals surface area contributed by atoms with Crippen LogP contribution in [0.15, 0.2) is 59.6 Å². The maximum atomic E-state index is 6.06. The fourth-order valence-electron chi connectivity index (χ4n) is 2.25. The van der Waals surface area contributed by atoms with Crippen molar-refractivity contribution in [1.82, 2.24) is 14.9 Å². The fourth-order valence-corrected chi connectivity index (χ4v) is 2.70. The van der Waals surface area contributed by atoms with Crippen LogP contribution in [0.25, 0.3) is 0 Å². The number of hydrogen-bond acceptors (Lipinski definition) is 5. The van der Waals surface area contributed by atoms with E-state index in [2.05, 4.69) is 31.6 Å². The van der Waals surface area contributed by atoms with Crippen molar-refractivity contribution in [3.05, 3.63) is 70.7 Å². The Labute approximate surface area is 148 Å². The Morgan fingerprint density at radius 1 is 1.08 bits per heavy atom. The number of ether oxygens (including phenoxy) is 2. The average Bonchev–Trinajstić information content (AvgIpc) is 3.13. The van der Waals surface area contributed by atoms with Gasteiger partial charge in [-0.1, -0.05) is 46.3 Å². The summed E-state index contributed by atoms with van der Waals surface area (Å²) in [7, 11) is 1.63. The molecule has 0 bridgehead atoms. The first-order valence-electron chi connectivity index (χ1n) is 7.38. The van der Waals surface area contributed by atoms with E-state index in [9.17, 15) is 0 Å². The normalized spacial score (nSPS) is 10.4. The Morgan fingerprint density at radius 3 is 2.54 bits per heavy atom. The molecule has 124 valence electrons. The SMILES string of the molecule is COc1ccc(Br)c(CNn2cnnc2)c1OCc1ccccc1. The first kappa shape index (κ1) is 16.3. The summed E-state index contributed by atoms with van der Waals surface area (Å²) in [6, 6.07) is 13.8. The van der Waals surface area contributed by atoms with Crippen LogP contribution in [0.2, 0.25) is 0 Å². The van der Waals surface area contributed by atoms with Crippen LogP contribution in [-0.2, 0) is 13.2 Å². The molecule has 0 aliphatic carbocycles. The van der Waals surface area contributed by atoms with E-state index in [0.717, 1.165) is 15.6 Å². The number of nitrogens with one attached hydrogen (secondary N) is 1. The lowest BCUT2D eigenvalue weighted by molar-refractivity contribution is 0.281. The third-order valence-electron chi connectivity index (χ3n) is 3.47. The number of rotatable bonds is 7. The summed E-state index contributed by atoms with van der Waals surface area (Å²) in [5.41, 5.74) is 5.25. The molecule has 0 radical (unpaired) electrons. The summed E-state index contributed by atoms with van der Waals surface area (Å²) < 4.78 is 14.1. The lowest BCUT2D eigenvalue weighted by atomic mass is 10.2. The molecule has 24 heavy (non-hydrogen) atoms. The number of methoxy groups -OCH3 is 1. The minimum Gasteiger partial charge on any atom is -0.493 e. The number of hydrogen-bond donors (Lipinski definition) is 1. The molecule has 0 aliphatic heterocycles. The lowest BCUT2D eigenvalue weighted by Crippen LogP contribution is -2.14. The predicted octanol–water partition coefficient (Wildman–Crippen LogP) is 3.37. The van der Waals surface area contributed by atoms with Crippen molar-refractivity contribution in [1.29, 1.82) is 0 Å². The second kappa shape index (κ2) is 7.83.